The second kappa shape index (κ2) is 9.91. The van der Waals surface area contributed by atoms with E-state index < -0.39 is 35.8 Å². The molecule has 0 saturated heterocycles. The molecule has 0 aromatic rings. The number of aliphatic carboxylic acids is 3. The van der Waals surface area contributed by atoms with Gasteiger partial charge in [-0.3, -0.25) is 14.4 Å². The maximum atomic E-state index is 10.6. The van der Waals surface area contributed by atoms with E-state index >= 15 is 0 Å². The smallest absolute Gasteiger partial charge is 0.329 e. The molecule has 1 unspecified atom stereocenters. The van der Waals surface area contributed by atoms with Crippen molar-refractivity contribution in [2.75, 3.05) is 0 Å². The van der Waals surface area contributed by atoms with Crippen molar-refractivity contribution in [1.82, 2.24) is 10.6 Å². The molecule has 2 amide bonds. The number of carbonyl (C=O) groups is 5. The normalized spacial score (nSPS) is 12.3. The van der Waals surface area contributed by atoms with Crippen molar-refractivity contribution in [3.8, 4) is 0 Å². The van der Waals surface area contributed by atoms with Crippen LogP contribution in [0.2, 0.25) is 0 Å². The first kappa shape index (κ1) is 21.4. The first-order chi connectivity index (χ1) is 9.90. The quantitative estimate of drug-likeness (QED) is 0.395. The summed E-state index contributed by atoms with van der Waals surface area (Å²) >= 11 is 0. The Kier molecular flexibility index (Phi) is 9.63. The van der Waals surface area contributed by atoms with Crippen LogP contribution in [0, 0.1) is 0 Å². The van der Waals surface area contributed by atoms with Crippen LogP contribution in [0.4, 0.5) is 0 Å². The number of hydrogen-bond donors (Lipinski definition) is 5. The topological polar surface area (TPSA) is 170 Å². The highest BCUT2D eigenvalue weighted by atomic mass is 16.4. The highest BCUT2D eigenvalue weighted by Crippen LogP contribution is 2.09. The number of carboxylic acid groups (broad SMARTS) is 3. The Morgan fingerprint density at radius 1 is 1.00 bits per heavy atom. The molecule has 0 aromatic carbocycles. The van der Waals surface area contributed by atoms with Gasteiger partial charge in [0.05, 0.1) is 6.42 Å². The van der Waals surface area contributed by atoms with E-state index in [1.807, 2.05) is 0 Å². The zero-order valence-corrected chi connectivity index (χ0v) is 12.2. The predicted molar refractivity (Wildman–Crippen MR) is 72.7 cm³/mol. The molecule has 0 aliphatic rings. The fourth-order valence-electron chi connectivity index (χ4n) is 1.09. The van der Waals surface area contributed by atoms with Crippen molar-refractivity contribution in [2.24, 2.45) is 0 Å². The van der Waals surface area contributed by atoms with Crippen molar-refractivity contribution in [1.29, 1.82) is 0 Å². The summed E-state index contributed by atoms with van der Waals surface area (Å²) in [5, 5.41) is 29.3. The van der Waals surface area contributed by atoms with E-state index in [0.717, 1.165) is 26.1 Å². The van der Waals surface area contributed by atoms with Crippen LogP contribution < -0.4 is 10.6 Å². The van der Waals surface area contributed by atoms with Crippen LogP contribution in [0.3, 0.4) is 0 Å². The summed E-state index contributed by atoms with van der Waals surface area (Å²) in [5.41, 5.74) is -1.74. The molecular formula is C12H18N2O8. The minimum Gasteiger partial charge on any atom is -0.481 e. The third-order valence-corrected chi connectivity index (χ3v) is 1.94. The molecule has 0 bridgehead atoms. The van der Waals surface area contributed by atoms with E-state index in [0.29, 0.717) is 0 Å². The SMILES string of the molecule is CC(=O)NC(C)(CC(=O)O)C(=O)O.CC(=O)NC=CC(=O)O. The maximum Gasteiger partial charge on any atom is 0.329 e. The van der Waals surface area contributed by atoms with Gasteiger partial charge in [0.15, 0.2) is 0 Å². The fraction of sp³-hybridized carbons (Fsp3) is 0.417. The summed E-state index contributed by atoms with van der Waals surface area (Å²) in [6.45, 7) is 3.57. The van der Waals surface area contributed by atoms with Gasteiger partial charge in [-0.05, 0) is 6.92 Å². The van der Waals surface area contributed by atoms with Crippen LogP contribution in [0.5, 0.6) is 0 Å². The van der Waals surface area contributed by atoms with Crippen LogP contribution in [0.15, 0.2) is 12.3 Å². The van der Waals surface area contributed by atoms with Crippen LogP contribution in [-0.2, 0) is 24.0 Å². The summed E-state index contributed by atoms with van der Waals surface area (Å²) in [6, 6.07) is 0. The summed E-state index contributed by atoms with van der Waals surface area (Å²) in [4.78, 5) is 51.3. The van der Waals surface area contributed by atoms with E-state index in [9.17, 15) is 24.0 Å². The second-order valence-corrected chi connectivity index (χ2v) is 4.26. The number of hydrogen-bond acceptors (Lipinski definition) is 5. The first-order valence-corrected chi connectivity index (χ1v) is 5.81. The molecule has 0 aliphatic heterocycles. The fourth-order valence-corrected chi connectivity index (χ4v) is 1.09. The molecule has 0 saturated carbocycles. The average Bonchev–Trinajstić information content (AvgIpc) is 2.25. The monoisotopic (exact) mass is 318 g/mol. The molecule has 22 heavy (non-hydrogen) atoms. The molecule has 10 heteroatoms. The largest absolute Gasteiger partial charge is 0.481 e. The zero-order valence-electron chi connectivity index (χ0n) is 12.2. The Morgan fingerprint density at radius 2 is 1.50 bits per heavy atom. The van der Waals surface area contributed by atoms with E-state index in [1.165, 1.54) is 6.92 Å². The number of carboxylic acids is 3. The summed E-state index contributed by atoms with van der Waals surface area (Å²) in [6.07, 6.45) is 1.27. The summed E-state index contributed by atoms with van der Waals surface area (Å²) in [7, 11) is 0. The predicted octanol–water partition coefficient (Wildman–Crippen LogP) is -0.839. The lowest BCUT2D eigenvalue weighted by Gasteiger charge is -2.23. The lowest BCUT2D eigenvalue weighted by molar-refractivity contribution is -0.152. The number of nitrogens with one attached hydrogen (secondary N) is 2. The van der Waals surface area contributed by atoms with Crippen LogP contribution in [-0.4, -0.2) is 50.6 Å². The van der Waals surface area contributed by atoms with Gasteiger partial charge in [0.25, 0.3) is 0 Å². The molecule has 0 aliphatic carbocycles. The van der Waals surface area contributed by atoms with Gasteiger partial charge >= 0.3 is 17.9 Å². The molecule has 0 radical (unpaired) electrons. The van der Waals surface area contributed by atoms with Gasteiger partial charge in [0, 0.05) is 26.1 Å². The highest BCUT2D eigenvalue weighted by Gasteiger charge is 2.36. The number of amides is 2. The van der Waals surface area contributed by atoms with Crippen LogP contribution >= 0.6 is 0 Å². The van der Waals surface area contributed by atoms with Crippen molar-refractivity contribution in [2.45, 2.75) is 32.7 Å². The maximum absolute atomic E-state index is 10.6. The number of carbonyl (C=O) groups excluding carboxylic acids is 2. The Morgan fingerprint density at radius 3 is 1.77 bits per heavy atom. The average molecular weight is 318 g/mol. The molecule has 0 aromatic heterocycles. The third-order valence-electron chi connectivity index (χ3n) is 1.94. The van der Waals surface area contributed by atoms with E-state index in [1.54, 1.807) is 0 Å². The van der Waals surface area contributed by atoms with Gasteiger partial charge < -0.3 is 26.0 Å². The number of rotatable bonds is 6. The molecule has 0 heterocycles. The lowest BCUT2D eigenvalue weighted by Crippen LogP contribution is -2.52. The molecule has 0 spiro atoms. The minimum atomic E-state index is -1.74. The van der Waals surface area contributed by atoms with E-state index in [-0.39, 0.29) is 5.91 Å². The van der Waals surface area contributed by atoms with Crippen molar-refractivity contribution >= 4 is 29.7 Å². The van der Waals surface area contributed by atoms with Crippen molar-refractivity contribution in [3.63, 3.8) is 0 Å². The standard InChI is InChI=1S/C7H11NO5.C5H7NO3/c1-4(9)8-7(2,6(12)13)3-5(10)11;1-4(7)6-3-2-5(8)9/h3H2,1-2H3,(H,8,9)(H,10,11)(H,12,13);2-3H,1H3,(H,6,7)(H,8,9). The molecule has 1 atom stereocenters. The zero-order chi connectivity index (χ0) is 17.9. The van der Waals surface area contributed by atoms with Gasteiger partial charge in [0.2, 0.25) is 11.8 Å². The van der Waals surface area contributed by atoms with Gasteiger partial charge in [-0.25, -0.2) is 9.59 Å². The molecule has 0 fully saturated rings. The minimum absolute atomic E-state index is 0.285. The van der Waals surface area contributed by atoms with Gasteiger partial charge in [-0.15, -0.1) is 0 Å². The van der Waals surface area contributed by atoms with Gasteiger partial charge in [-0.1, -0.05) is 0 Å². The summed E-state index contributed by atoms with van der Waals surface area (Å²) < 4.78 is 0. The van der Waals surface area contributed by atoms with Gasteiger partial charge in [0.1, 0.15) is 5.54 Å². The van der Waals surface area contributed by atoms with Crippen molar-refractivity contribution < 1.29 is 39.3 Å². The molecule has 124 valence electrons. The third kappa shape index (κ3) is 12.1. The Labute approximate surface area is 125 Å². The Bertz CT molecular complexity index is 468. The van der Waals surface area contributed by atoms with Crippen LogP contribution in [0.25, 0.3) is 0 Å². The summed E-state index contributed by atoms with van der Waals surface area (Å²) in [5.74, 6) is -4.59. The van der Waals surface area contributed by atoms with Crippen LogP contribution in [0.1, 0.15) is 27.2 Å². The highest BCUT2D eigenvalue weighted by molar-refractivity contribution is 5.89. The molecule has 5 N–H and O–H groups in total. The van der Waals surface area contributed by atoms with Crippen molar-refractivity contribution in [3.05, 3.63) is 12.3 Å². The molecule has 10 nitrogen and oxygen atoms in total. The lowest BCUT2D eigenvalue weighted by atomic mass is 9.98. The first-order valence-electron chi connectivity index (χ1n) is 5.81. The Balaban J connectivity index is 0. The van der Waals surface area contributed by atoms with E-state index in [2.05, 4.69) is 10.6 Å². The van der Waals surface area contributed by atoms with E-state index in [4.69, 9.17) is 15.3 Å². The van der Waals surface area contributed by atoms with Gasteiger partial charge in [-0.2, -0.15) is 0 Å². The second-order valence-electron chi connectivity index (χ2n) is 4.26. The molecule has 0 rings (SSSR count). The molecular weight excluding hydrogens is 300 g/mol. The Hall–Kier alpha value is -2.91.